The van der Waals surface area contributed by atoms with Gasteiger partial charge in [-0.1, -0.05) is 31.3 Å². The molecular weight excluding hydrogens is 502 g/mol. The number of anilines is 1. The summed E-state index contributed by atoms with van der Waals surface area (Å²) in [5, 5.41) is 14.9. The van der Waals surface area contributed by atoms with Gasteiger partial charge in [-0.2, -0.15) is 0 Å². The number of nitrogens with one attached hydrogen (secondary N) is 2. The third-order valence-corrected chi connectivity index (χ3v) is 7.40. The van der Waals surface area contributed by atoms with Gasteiger partial charge in [0.15, 0.2) is 5.13 Å². The van der Waals surface area contributed by atoms with Crippen molar-refractivity contribution in [2.45, 2.75) is 51.5 Å². The number of nitrogens with two attached hydrogens (primary N) is 1. The summed E-state index contributed by atoms with van der Waals surface area (Å²) in [7, 11) is 0. The summed E-state index contributed by atoms with van der Waals surface area (Å²) in [5.74, 6) is -0.234. The third-order valence-electron chi connectivity index (χ3n) is 6.38. The molecule has 0 bridgehead atoms. The number of aromatic nitrogens is 4. The van der Waals surface area contributed by atoms with Gasteiger partial charge in [0.05, 0.1) is 15.9 Å². The Morgan fingerprint density at radius 3 is 2.55 bits per heavy atom. The van der Waals surface area contributed by atoms with Gasteiger partial charge in [0.2, 0.25) is 0 Å². The molecule has 2 amide bonds. The van der Waals surface area contributed by atoms with Gasteiger partial charge in [0.1, 0.15) is 5.82 Å². The molecule has 11 heteroatoms. The molecule has 5 N–H and O–H groups in total. The van der Waals surface area contributed by atoms with E-state index in [4.69, 9.17) is 10.8 Å². The smallest absolute Gasteiger partial charge is 0.321 e. The van der Waals surface area contributed by atoms with Crippen molar-refractivity contribution in [3.8, 4) is 22.4 Å². The number of carboxylic acid groups (broad SMARTS) is 1. The fraction of sp³-hybridized carbons (Fsp3) is 0.333. The number of hydrogen-bond donors (Lipinski definition) is 4. The van der Waals surface area contributed by atoms with Crippen LogP contribution in [-0.4, -0.2) is 49.6 Å². The lowest BCUT2D eigenvalue weighted by Crippen LogP contribution is -2.42. The zero-order valence-corrected chi connectivity index (χ0v) is 22.4. The van der Waals surface area contributed by atoms with Gasteiger partial charge in [-0.3, -0.25) is 15.1 Å². The highest BCUT2D eigenvalue weighted by atomic mass is 32.1. The van der Waals surface area contributed by atoms with E-state index >= 15 is 0 Å². The number of benzene rings is 1. The molecule has 38 heavy (non-hydrogen) atoms. The Kier molecular flexibility index (Phi) is 8.28. The van der Waals surface area contributed by atoms with Crippen LogP contribution in [0.15, 0.2) is 48.9 Å². The molecule has 1 atom stereocenters. The van der Waals surface area contributed by atoms with Crippen LogP contribution in [0.25, 0.3) is 32.6 Å². The van der Waals surface area contributed by atoms with Gasteiger partial charge < -0.3 is 16.2 Å². The molecule has 0 aliphatic rings. The largest absolute Gasteiger partial charge is 0.481 e. The number of hydrogen-bond acceptors (Lipinski definition) is 8. The van der Waals surface area contributed by atoms with Gasteiger partial charge in [-0.25, -0.2) is 19.7 Å². The first-order chi connectivity index (χ1) is 18.2. The molecule has 0 aliphatic heterocycles. The molecule has 0 saturated heterocycles. The number of carbonyl (C=O) groups excluding carboxylic acids is 1. The summed E-state index contributed by atoms with van der Waals surface area (Å²) in [4.78, 5) is 41.4. The molecule has 3 heterocycles. The monoisotopic (exact) mass is 533 g/mol. The van der Waals surface area contributed by atoms with Crippen molar-refractivity contribution >= 4 is 38.7 Å². The number of amides is 2. The first-order valence-corrected chi connectivity index (χ1v) is 13.2. The number of aliphatic carboxylic acids is 1. The molecular formula is C27H31N7O3S. The Morgan fingerprint density at radius 1 is 1.13 bits per heavy atom. The standard InChI is InChI=1S/C27H31N7O3S/c1-4-29-25(37)34-26-33-20-13-16(12-18(23(20)38-26)19-8-5-6-11-30-19)17-14-31-24(32-15-17)27(2,3)21(28)9-7-10-22(35)36/h5-6,8,11-15,21H,4,7,9-10,28H2,1-3H3,(H,35,36)(H2,29,33,34,37). The average molecular weight is 534 g/mol. The lowest BCUT2D eigenvalue weighted by Gasteiger charge is -2.30. The van der Waals surface area contributed by atoms with Crippen molar-refractivity contribution in [3.63, 3.8) is 0 Å². The zero-order chi connectivity index (χ0) is 27.3. The zero-order valence-electron chi connectivity index (χ0n) is 21.6. The summed E-state index contributed by atoms with van der Waals surface area (Å²) in [5.41, 5.74) is 9.94. The van der Waals surface area contributed by atoms with Crippen LogP contribution in [0.5, 0.6) is 0 Å². The number of fused-ring (bicyclic) bond motifs is 1. The van der Waals surface area contributed by atoms with Crippen molar-refractivity contribution in [2.75, 3.05) is 11.9 Å². The molecule has 10 nitrogen and oxygen atoms in total. The van der Waals surface area contributed by atoms with E-state index in [1.165, 1.54) is 11.3 Å². The van der Waals surface area contributed by atoms with Crippen LogP contribution in [0.3, 0.4) is 0 Å². The van der Waals surface area contributed by atoms with Crippen molar-refractivity contribution in [3.05, 3.63) is 54.7 Å². The SMILES string of the molecule is CCNC(=O)Nc1nc2cc(-c3cnc(C(C)(C)C(N)CCCC(=O)O)nc3)cc(-c3ccccn3)c2s1. The predicted molar refractivity (Wildman–Crippen MR) is 149 cm³/mol. The quantitative estimate of drug-likeness (QED) is 0.226. The number of nitrogens with zero attached hydrogens (tertiary/aromatic N) is 4. The molecule has 0 spiro atoms. The number of pyridine rings is 1. The molecule has 198 valence electrons. The molecule has 1 unspecified atom stereocenters. The molecule has 0 radical (unpaired) electrons. The van der Waals surface area contributed by atoms with Gasteiger partial charge in [-0.15, -0.1) is 0 Å². The molecule has 4 aromatic rings. The average Bonchev–Trinajstić information content (AvgIpc) is 3.30. The van der Waals surface area contributed by atoms with E-state index in [2.05, 4.69) is 30.6 Å². The lowest BCUT2D eigenvalue weighted by molar-refractivity contribution is -0.137. The first kappa shape index (κ1) is 27.1. The molecule has 0 fully saturated rings. The van der Waals surface area contributed by atoms with Crippen molar-refractivity contribution < 1.29 is 14.7 Å². The van der Waals surface area contributed by atoms with E-state index in [0.29, 0.717) is 30.3 Å². The Hall–Kier alpha value is -3.96. The molecule has 4 rings (SSSR count). The van der Waals surface area contributed by atoms with Crippen LogP contribution in [0.4, 0.5) is 9.93 Å². The minimum absolute atomic E-state index is 0.0851. The Bertz CT molecular complexity index is 1420. The minimum Gasteiger partial charge on any atom is -0.481 e. The van der Waals surface area contributed by atoms with E-state index < -0.39 is 11.4 Å². The minimum atomic E-state index is -0.829. The lowest BCUT2D eigenvalue weighted by atomic mass is 9.81. The van der Waals surface area contributed by atoms with E-state index in [9.17, 15) is 9.59 Å². The van der Waals surface area contributed by atoms with Crippen LogP contribution >= 0.6 is 11.3 Å². The van der Waals surface area contributed by atoms with Crippen molar-refractivity contribution in [2.24, 2.45) is 5.73 Å². The molecule has 0 aliphatic carbocycles. The highest BCUT2D eigenvalue weighted by Crippen LogP contribution is 2.38. The fourth-order valence-electron chi connectivity index (χ4n) is 4.08. The summed E-state index contributed by atoms with van der Waals surface area (Å²) in [6.07, 6.45) is 6.41. The van der Waals surface area contributed by atoms with Crippen LogP contribution in [0, 0.1) is 0 Å². The fourth-order valence-corrected chi connectivity index (χ4v) is 5.04. The van der Waals surface area contributed by atoms with E-state index in [1.807, 2.05) is 51.1 Å². The number of carbonyl (C=O) groups is 2. The maximum Gasteiger partial charge on any atom is 0.321 e. The van der Waals surface area contributed by atoms with Gasteiger partial charge in [0, 0.05) is 54.1 Å². The normalized spacial score (nSPS) is 12.3. The maximum atomic E-state index is 12.1. The molecule has 3 aromatic heterocycles. The summed E-state index contributed by atoms with van der Waals surface area (Å²) in [6.45, 7) is 6.31. The highest BCUT2D eigenvalue weighted by Gasteiger charge is 2.31. The van der Waals surface area contributed by atoms with Crippen LogP contribution < -0.4 is 16.4 Å². The maximum absolute atomic E-state index is 12.1. The number of urea groups is 1. The number of carboxylic acids is 1. The second kappa shape index (κ2) is 11.6. The topological polar surface area (TPSA) is 156 Å². The first-order valence-electron chi connectivity index (χ1n) is 12.4. The second-order valence-electron chi connectivity index (χ2n) is 9.50. The van der Waals surface area contributed by atoms with E-state index in [1.54, 1.807) is 18.6 Å². The van der Waals surface area contributed by atoms with Crippen molar-refractivity contribution in [1.29, 1.82) is 0 Å². The number of rotatable bonds is 10. The van der Waals surface area contributed by atoms with Crippen LogP contribution in [0.1, 0.15) is 45.9 Å². The predicted octanol–water partition coefficient (Wildman–Crippen LogP) is 4.82. The summed E-state index contributed by atoms with van der Waals surface area (Å²) in [6, 6.07) is 9.10. The molecule has 0 saturated carbocycles. The van der Waals surface area contributed by atoms with E-state index in [-0.39, 0.29) is 18.5 Å². The van der Waals surface area contributed by atoms with Crippen molar-refractivity contribution in [1.82, 2.24) is 25.3 Å². The highest BCUT2D eigenvalue weighted by molar-refractivity contribution is 7.22. The summed E-state index contributed by atoms with van der Waals surface area (Å²) >= 11 is 1.39. The number of thiazole rings is 1. The third kappa shape index (κ3) is 6.12. The van der Waals surface area contributed by atoms with Gasteiger partial charge in [-0.05, 0) is 49.6 Å². The Balaban J connectivity index is 1.67. The Labute approximate surface area is 224 Å². The van der Waals surface area contributed by atoms with Gasteiger partial charge >= 0.3 is 12.0 Å². The van der Waals surface area contributed by atoms with Crippen LogP contribution in [0.2, 0.25) is 0 Å². The molecule has 1 aromatic carbocycles. The van der Waals surface area contributed by atoms with Gasteiger partial charge in [0.25, 0.3) is 0 Å². The summed E-state index contributed by atoms with van der Waals surface area (Å²) < 4.78 is 0.908. The second-order valence-corrected chi connectivity index (χ2v) is 10.5. The van der Waals surface area contributed by atoms with E-state index in [0.717, 1.165) is 32.6 Å². The van der Waals surface area contributed by atoms with Crippen LogP contribution in [-0.2, 0) is 10.2 Å². The Morgan fingerprint density at radius 2 is 1.89 bits per heavy atom.